The minimum absolute atomic E-state index is 0.741. The van der Waals surface area contributed by atoms with E-state index in [1.54, 1.807) is 0 Å². The van der Waals surface area contributed by atoms with Crippen LogP contribution >= 0.6 is 0 Å². The van der Waals surface area contributed by atoms with E-state index in [1.165, 1.54) is 6.42 Å². The summed E-state index contributed by atoms with van der Waals surface area (Å²) in [6.45, 7) is 7.37. The lowest BCUT2D eigenvalue weighted by atomic mass is 10.4. The number of hydrogen-bond acceptors (Lipinski definition) is 2. The van der Waals surface area contributed by atoms with Crippen LogP contribution in [0.3, 0.4) is 0 Å². The molecule has 2 nitrogen and oxygen atoms in total. The molecule has 1 N–H and O–H groups in total. The Morgan fingerprint density at radius 2 is 2.10 bits per heavy atom. The molecule has 0 radical (unpaired) electrons. The van der Waals surface area contributed by atoms with Crippen LogP contribution in [0.25, 0.3) is 0 Å². The Morgan fingerprint density at radius 1 is 1.50 bits per heavy atom. The molecule has 0 aromatic heterocycles. The van der Waals surface area contributed by atoms with E-state index in [1.807, 2.05) is 7.05 Å². The summed E-state index contributed by atoms with van der Waals surface area (Å²) in [5.74, 6) is 0. The number of rotatable bonds is 5. The van der Waals surface area contributed by atoms with Crippen molar-refractivity contribution in [2.24, 2.45) is 0 Å². The van der Waals surface area contributed by atoms with Gasteiger partial charge in [-0.1, -0.05) is 20.3 Å². The standard InChI is InChI=1S/C7H19NOSi/c1-5-7(3)10(8-4)9-6-2/h7-8,10H,5-6H2,1-4H3. The first kappa shape index (κ1) is 10.1. The van der Waals surface area contributed by atoms with Crippen LogP contribution in [0.4, 0.5) is 0 Å². The Labute approximate surface area is 65.8 Å². The van der Waals surface area contributed by atoms with E-state index < -0.39 is 9.20 Å². The second-order valence-electron chi connectivity index (χ2n) is 2.55. The normalized spacial score (nSPS) is 16.8. The monoisotopic (exact) mass is 161 g/mol. The van der Waals surface area contributed by atoms with Gasteiger partial charge in [0.25, 0.3) is 9.20 Å². The Hall–Kier alpha value is 0.137. The fourth-order valence-corrected chi connectivity index (χ4v) is 2.78. The van der Waals surface area contributed by atoms with Gasteiger partial charge in [0.2, 0.25) is 0 Å². The molecule has 62 valence electrons. The van der Waals surface area contributed by atoms with E-state index in [4.69, 9.17) is 4.43 Å². The zero-order valence-electron chi connectivity index (χ0n) is 7.48. The summed E-state index contributed by atoms with van der Waals surface area (Å²) in [4.78, 5) is 3.27. The highest BCUT2D eigenvalue weighted by Gasteiger charge is 2.15. The average Bonchev–Trinajstić information content (AvgIpc) is 1.99. The zero-order valence-corrected chi connectivity index (χ0v) is 8.63. The lowest BCUT2D eigenvalue weighted by Crippen LogP contribution is -2.37. The molecule has 0 amide bonds. The molecule has 0 heterocycles. The SMILES string of the molecule is CCO[SiH](NC)C(C)CC. The maximum absolute atomic E-state index is 5.57. The van der Waals surface area contributed by atoms with Crippen LogP contribution < -0.4 is 4.98 Å². The fraction of sp³-hybridized carbons (Fsp3) is 1.00. The summed E-state index contributed by atoms with van der Waals surface area (Å²) >= 11 is 0. The molecule has 3 heteroatoms. The van der Waals surface area contributed by atoms with Crippen molar-refractivity contribution in [3.63, 3.8) is 0 Å². The van der Waals surface area contributed by atoms with E-state index in [9.17, 15) is 0 Å². The molecule has 2 atom stereocenters. The van der Waals surface area contributed by atoms with Gasteiger partial charge >= 0.3 is 0 Å². The van der Waals surface area contributed by atoms with Gasteiger partial charge < -0.3 is 9.41 Å². The Bertz CT molecular complexity index is 80.0. The van der Waals surface area contributed by atoms with Crippen molar-refractivity contribution in [2.75, 3.05) is 13.7 Å². The van der Waals surface area contributed by atoms with Crippen LogP contribution in [0.2, 0.25) is 5.54 Å². The molecule has 0 saturated heterocycles. The molecule has 0 spiro atoms. The van der Waals surface area contributed by atoms with Crippen LogP contribution in [-0.2, 0) is 4.43 Å². The Balaban J connectivity index is 3.56. The summed E-state index contributed by atoms with van der Waals surface area (Å²) in [5, 5.41) is 0. The average molecular weight is 161 g/mol. The van der Waals surface area contributed by atoms with Crippen molar-refractivity contribution in [2.45, 2.75) is 32.7 Å². The molecular weight excluding hydrogens is 142 g/mol. The molecule has 0 fully saturated rings. The van der Waals surface area contributed by atoms with Crippen LogP contribution in [-0.4, -0.2) is 22.9 Å². The molecule has 0 aliphatic heterocycles. The minimum Gasteiger partial charge on any atom is -0.406 e. The van der Waals surface area contributed by atoms with E-state index in [-0.39, 0.29) is 0 Å². The van der Waals surface area contributed by atoms with Gasteiger partial charge in [-0.2, -0.15) is 0 Å². The molecule has 0 saturated carbocycles. The first-order valence-corrected chi connectivity index (χ1v) is 5.76. The molecule has 0 rings (SSSR count). The first-order valence-electron chi connectivity index (χ1n) is 4.05. The topological polar surface area (TPSA) is 21.3 Å². The van der Waals surface area contributed by atoms with Crippen molar-refractivity contribution in [1.29, 1.82) is 0 Å². The van der Waals surface area contributed by atoms with Crippen molar-refractivity contribution < 1.29 is 4.43 Å². The summed E-state index contributed by atoms with van der Waals surface area (Å²) in [5.41, 5.74) is 0.741. The third-order valence-corrected chi connectivity index (χ3v) is 4.56. The second-order valence-corrected chi connectivity index (χ2v) is 5.44. The highest BCUT2D eigenvalue weighted by atomic mass is 28.3. The van der Waals surface area contributed by atoms with E-state index in [0.717, 1.165) is 12.1 Å². The molecule has 0 bridgehead atoms. The third kappa shape index (κ3) is 3.34. The van der Waals surface area contributed by atoms with Crippen LogP contribution in [0, 0.1) is 0 Å². The number of nitrogens with one attached hydrogen (secondary N) is 1. The predicted octanol–water partition coefficient (Wildman–Crippen LogP) is 1.26. The molecule has 0 aliphatic carbocycles. The van der Waals surface area contributed by atoms with Gasteiger partial charge in [0.1, 0.15) is 0 Å². The minimum atomic E-state index is -1.06. The molecule has 0 aromatic carbocycles. The van der Waals surface area contributed by atoms with E-state index in [2.05, 4.69) is 25.8 Å². The Morgan fingerprint density at radius 3 is 2.40 bits per heavy atom. The lowest BCUT2D eigenvalue weighted by Gasteiger charge is -2.19. The largest absolute Gasteiger partial charge is 0.406 e. The quantitative estimate of drug-likeness (QED) is 0.613. The lowest BCUT2D eigenvalue weighted by molar-refractivity contribution is 0.326. The van der Waals surface area contributed by atoms with Crippen molar-refractivity contribution in [1.82, 2.24) is 4.98 Å². The van der Waals surface area contributed by atoms with Crippen LogP contribution in [0.15, 0.2) is 0 Å². The van der Waals surface area contributed by atoms with Gasteiger partial charge in [-0.05, 0) is 19.5 Å². The summed E-state index contributed by atoms with van der Waals surface area (Å²) in [6.07, 6.45) is 1.22. The Kier molecular flexibility index (Phi) is 5.97. The van der Waals surface area contributed by atoms with Crippen LogP contribution in [0.1, 0.15) is 27.2 Å². The van der Waals surface area contributed by atoms with E-state index >= 15 is 0 Å². The summed E-state index contributed by atoms with van der Waals surface area (Å²) < 4.78 is 5.57. The van der Waals surface area contributed by atoms with Gasteiger partial charge in [-0.15, -0.1) is 0 Å². The molecular formula is C7H19NOSi. The molecule has 0 aliphatic rings. The maximum atomic E-state index is 5.57. The molecule has 10 heavy (non-hydrogen) atoms. The second kappa shape index (κ2) is 5.89. The van der Waals surface area contributed by atoms with Crippen molar-refractivity contribution >= 4 is 9.20 Å². The van der Waals surface area contributed by atoms with Gasteiger partial charge in [0, 0.05) is 6.61 Å². The van der Waals surface area contributed by atoms with Gasteiger partial charge in [0.15, 0.2) is 0 Å². The van der Waals surface area contributed by atoms with Gasteiger partial charge in [-0.3, -0.25) is 0 Å². The number of hydrogen-bond donors (Lipinski definition) is 1. The highest BCUT2D eigenvalue weighted by Crippen LogP contribution is 2.11. The maximum Gasteiger partial charge on any atom is 0.254 e. The van der Waals surface area contributed by atoms with Gasteiger partial charge in [0.05, 0.1) is 0 Å². The van der Waals surface area contributed by atoms with Crippen molar-refractivity contribution in [3.8, 4) is 0 Å². The summed E-state index contributed by atoms with van der Waals surface area (Å²) in [7, 11) is 0.942. The first-order chi connectivity index (χ1) is 4.76. The predicted molar refractivity (Wildman–Crippen MR) is 47.5 cm³/mol. The fourth-order valence-electron chi connectivity index (χ4n) is 0.926. The smallest absolute Gasteiger partial charge is 0.254 e. The zero-order chi connectivity index (χ0) is 7.98. The van der Waals surface area contributed by atoms with Gasteiger partial charge in [-0.25, -0.2) is 0 Å². The molecule has 2 unspecified atom stereocenters. The van der Waals surface area contributed by atoms with Crippen molar-refractivity contribution in [3.05, 3.63) is 0 Å². The third-order valence-electron chi connectivity index (χ3n) is 1.79. The van der Waals surface area contributed by atoms with Crippen LogP contribution in [0.5, 0.6) is 0 Å². The van der Waals surface area contributed by atoms with E-state index in [0.29, 0.717) is 0 Å². The highest BCUT2D eigenvalue weighted by molar-refractivity contribution is 6.50. The molecule has 0 aromatic rings. The summed E-state index contributed by atoms with van der Waals surface area (Å²) in [6, 6.07) is 0.